The molecule has 0 aromatic rings. The van der Waals surface area contributed by atoms with Crippen molar-refractivity contribution in [2.24, 2.45) is 11.5 Å². The summed E-state index contributed by atoms with van der Waals surface area (Å²) in [4.78, 5) is 0. The summed E-state index contributed by atoms with van der Waals surface area (Å²) in [5.74, 6) is 0. The van der Waals surface area contributed by atoms with E-state index in [1.807, 2.05) is 0 Å². The van der Waals surface area contributed by atoms with E-state index in [4.69, 9.17) is 35.0 Å². The first-order chi connectivity index (χ1) is 5.73. The molecule has 2 radical (unpaired) electrons. The molecule has 4 N–H and O–H groups in total. The van der Waals surface area contributed by atoms with Gasteiger partial charge in [0.1, 0.15) is 0 Å². The van der Waals surface area contributed by atoms with Crippen LogP contribution in [0.4, 0.5) is 0 Å². The van der Waals surface area contributed by atoms with Gasteiger partial charge in [-0.1, -0.05) is 0 Å². The fraction of sp³-hybridized carbons (Fsp3) is 0. The molecule has 0 unspecified atom stereocenters. The summed E-state index contributed by atoms with van der Waals surface area (Å²) < 4.78 is 68.2. The van der Waals surface area contributed by atoms with Crippen molar-refractivity contribution in [3.8, 4) is 0 Å². The molecule has 0 aromatic heterocycles. The van der Waals surface area contributed by atoms with Gasteiger partial charge in [0.2, 0.25) is 0 Å². The summed E-state index contributed by atoms with van der Waals surface area (Å²) >= 11 is 4.09. The van der Waals surface area contributed by atoms with E-state index < -0.39 is 20.8 Å². The maximum Gasteiger partial charge on any atom is 2.00 e. The minimum Gasteiger partial charge on any atom is -0.759 e. The number of thiocarbonyl (C=S) groups is 1. The molecule has 0 amide bonds. The second-order valence-electron chi connectivity index (χ2n) is 1.22. The Kier molecular flexibility index (Phi) is 25.3. The molecule has 0 atom stereocenters. The van der Waals surface area contributed by atoms with Crippen LogP contribution in [0.2, 0.25) is 0 Å². The number of hydrogen-bond acceptors (Lipinski definition) is 9. The molecule has 0 saturated carbocycles. The number of rotatable bonds is 0. The summed E-state index contributed by atoms with van der Waals surface area (Å²) in [5, 5.41) is 0.000000000000000222. The van der Waals surface area contributed by atoms with Gasteiger partial charge in [0.05, 0.1) is 0 Å². The van der Waals surface area contributed by atoms with Crippen molar-refractivity contribution in [2.75, 3.05) is 0 Å². The normalized spacial score (nSPS) is 8.75. The molecule has 0 aromatic carbocycles. The molecule has 0 bridgehead atoms. The van der Waals surface area contributed by atoms with Crippen LogP contribution in [0, 0.1) is 0 Å². The number of hydrogen-bond donors (Lipinski definition) is 2. The number of nitrogens with two attached hydrogens (primary N) is 2. The maximum atomic E-state index is 8.52. The van der Waals surface area contributed by atoms with Crippen molar-refractivity contribution in [1.29, 1.82) is 0 Å². The third-order valence-corrected chi connectivity index (χ3v) is 0. The van der Waals surface area contributed by atoms with Gasteiger partial charge in [0, 0.05) is 20.8 Å². The van der Waals surface area contributed by atoms with Gasteiger partial charge in [-0.3, -0.25) is 16.8 Å². The van der Waals surface area contributed by atoms with E-state index in [2.05, 4.69) is 23.7 Å². The second-order valence-corrected chi connectivity index (χ2v) is 3.32. The van der Waals surface area contributed by atoms with Crippen LogP contribution < -0.4 is 11.5 Å². The van der Waals surface area contributed by atoms with Crippen molar-refractivity contribution >= 4 is 38.1 Å². The van der Waals surface area contributed by atoms with E-state index in [-0.39, 0.29) is 39.2 Å². The van der Waals surface area contributed by atoms with Gasteiger partial charge in [-0.15, -0.1) is 0 Å². The Morgan fingerprint density at radius 2 is 0.812 bits per heavy atom. The quantitative estimate of drug-likeness (QED) is 0.178. The predicted octanol–water partition coefficient (Wildman–Crippen LogP) is -3.49. The predicted molar refractivity (Wildman–Crippen MR) is 41.9 cm³/mol. The van der Waals surface area contributed by atoms with Crippen LogP contribution >= 0.6 is 12.2 Å². The topological polar surface area (TPSA) is 213 Å². The zero-order chi connectivity index (χ0) is 12.6. The Morgan fingerprint density at radius 3 is 0.812 bits per heavy atom. The standard InChI is InChI=1S/CH4N2S.2Cu.2H2O4S/c2-1(3)4;;;2*1-5(2,3)4/h(H4,2,3,4);;;2*(H2,1,2,3,4)/q;2*+2;;/p-4. The van der Waals surface area contributed by atoms with E-state index in [9.17, 15) is 0 Å². The van der Waals surface area contributed by atoms with Crippen molar-refractivity contribution in [3.05, 3.63) is 0 Å². The van der Waals surface area contributed by atoms with E-state index in [0.717, 1.165) is 0 Å². The molecular formula is CH4Cu2N2O8S3. The van der Waals surface area contributed by atoms with Crippen LogP contribution in [-0.4, -0.2) is 40.2 Å². The first kappa shape index (κ1) is 30.0. The van der Waals surface area contributed by atoms with Crippen LogP contribution in [0.3, 0.4) is 0 Å². The largest absolute Gasteiger partial charge is 2.00 e. The van der Waals surface area contributed by atoms with Crippen molar-refractivity contribution in [2.45, 2.75) is 0 Å². The van der Waals surface area contributed by atoms with Gasteiger partial charge >= 0.3 is 34.1 Å². The molecular weight excluding hydrogens is 391 g/mol. The zero-order valence-electron chi connectivity index (χ0n) is 6.75. The van der Waals surface area contributed by atoms with E-state index >= 15 is 0 Å². The summed E-state index contributed by atoms with van der Waals surface area (Å²) in [7, 11) is -10.3. The molecule has 15 heteroatoms. The van der Waals surface area contributed by atoms with Gasteiger partial charge in [-0.25, -0.2) is 0 Å². The third-order valence-electron chi connectivity index (χ3n) is 0. The Balaban J connectivity index is -0.0000000358. The van der Waals surface area contributed by atoms with Crippen molar-refractivity contribution in [1.82, 2.24) is 0 Å². The molecule has 0 saturated heterocycles. The monoisotopic (exact) mass is 394 g/mol. The fourth-order valence-electron chi connectivity index (χ4n) is 0. The maximum absolute atomic E-state index is 8.52. The molecule has 0 heterocycles. The third kappa shape index (κ3) is 11900. The molecule has 0 aliphatic rings. The minimum atomic E-state index is -5.17. The van der Waals surface area contributed by atoms with E-state index in [1.165, 1.54) is 0 Å². The van der Waals surface area contributed by atoms with Gasteiger partial charge in [0.15, 0.2) is 5.11 Å². The van der Waals surface area contributed by atoms with Crippen LogP contribution in [0.1, 0.15) is 0 Å². The summed E-state index contributed by atoms with van der Waals surface area (Å²) in [6.45, 7) is 0. The zero-order valence-corrected chi connectivity index (χ0v) is 11.1. The summed E-state index contributed by atoms with van der Waals surface area (Å²) in [6.07, 6.45) is 0. The van der Waals surface area contributed by atoms with Crippen LogP contribution in [0.25, 0.3) is 0 Å². The Morgan fingerprint density at radius 1 is 0.812 bits per heavy atom. The molecule has 0 aliphatic carbocycles. The summed E-state index contributed by atoms with van der Waals surface area (Å²) in [5.41, 5.74) is 9.24. The molecule has 0 fully saturated rings. The van der Waals surface area contributed by atoms with Crippen LogP contribution in [-0.2, 0) is 54.9 Å². The minimum absolute atomic E-state index is 0. The Labute approximate surface area is 118 Å². The summed E-state index contributed by atoms with van der Waals surface area (Å²) in [6, 6.07) is 0. The van der Waals surface area contributed by atoms with Crippen molar-refractivity contribution in [3.63, 3.8) is 0 Å². The van der Waals surface area contributed by atoms with Gasteiger partial charge in [0.25, 0.3) is 0 Å². The van der Waals surface area contributed by atoms with E-state index in [1.54, 1.807) is 0 Å². The molecule has 106 valence electrons. The van der Waals surface area contributed by atoms with Gasteiger partial charge in [-0.05, 0) is 12.2 Å². The molecule has 0 aliphatic heterocycles. The fourth-order valence-corrected chi connectivity index (χ4v) is 0. The van der Waals surface area contributed by atoms with Gasteiger partial charge in [-0.2, -0.15) is 0 Å². The molecule has 10 nitrogen and oxygen atoms in total. The average molecular weight is 395 g/mol. The van der Waals surface area contributed by atoms with E-state index in [0.29, 0.717) is 0 Å². The second kappa shape index (κ2) is 13.5. The van der Waals surface area contributed by atoms with Crippen LogP contribution in [0.15, 0.2) is 0 Å². The molecule has 0 rings (SSSR count). The van der Waals surface area contributed by atoms with Crippen molar-refractivity contribution < 1.29 is 69.2 Å². The SMILES string of the molecule is NC(N)=S.O=S(=O)([O-])[O-].O=S(=O)([O-])[O-].[Cu+2].[Cu+2]. The first-order valence-electron chi connectivity index (χ1n) is 2.11. The molecule has 16 heavy (non-hydrogen) atoms. The Bertz CT molecular complexity index is 297. The van der Waals surface area contributed by atoms with Gasteiger partial charge < -0.3 is 29.7 Å². The Hall–Kier alpha value is 0.469. The molecule has 0 spiro atoms. The smallest absolute Gasteiger partial charge is 0.759 e. The first-order valence-corrected chi connectivity index (χ1v) is 5.19. The average Bonchev–Trinajstić information content (AvgIpc) is 1.45. The van der Waals surface area contributed by atoms with Crippen LogP contribution in [0.5, 0.6) is 0 Å².